The van der Waals surface area contributed by atoms with Crippen molar-refractivity contribution in [1.29, 1.82) is 0 Å². The fourth-order valence-corrected chi connectivity index (χ4v) is 7.71. The number of rotatable bonds is 9. The van der Waals surface area contributed by atoms with Crippen molar-refractivity contribution >= 4 is 41.3 Å². The minimum Gasteiger partial charge on any atom is -0.424 e. The summed E-state index contributed by atoms with van der Waals surface area (Å²) in [6, 6.07) is 20.6. The van der Waals surface area contributed by atoms with Crippen LogP contribution in [0.2, 0.25) is 5.04 Å². The molecule has 1 N–H and O–H groups in total. The van der Waals surface area contributed by atoms with Gasteiger partial charge < -0.3 is 4.80 Å². The summed E-state index contributed by atoms with van der Waals surface area (Å²) >= 11 is 2.31. The van der Waals surface area contributed by atoms with Crippen molar-refractivity contribution < 1.29 is 4.80 Å². The van der Waals surface area contributed by atoms with Crippen LogP contribution in [0, 0.1) is 0 Å². The summed E-state index contributed by atoms with van der Waals surface area (Å²) in [5, 5.41) is 2.08. The smallest absolute Gasteiger partial charge is 0.258 e. The summed E-state index contributed by atoms with van der Waals surface area (Å²) in [5.41, 5.74) is 0. The SMILES string of the molecule is C=C(I)CCCCCC(C)(C)[Si](O)(c1ccccc1)c1ccccc1. The molecular weight excluding hydrogens is 435 g/mol. The third-order valence-electron chi connectivity index (χ3n) is 5.11. The number of allylic oxidation sites excluding steroid dienone is 1. The molecule has 0 aromatic heterocycles. The molecule has 3 heteroatoms. The van der Waals surface area contributed by atoms with Gasteiger partial charge in [0, 0.05) is 0 Å². The Bertz CT molecular complexity index is 627. The molecule has 2 rings (SSSR count). The van der Waals surface area contributed by atoms with Crippen molar-refractivity contribution in [1.82, 2.24) is 0 Å². The molecule has 1 nitrogen and oxygen atoms in total. The predicted octanol–water partition coefficient (Wildman–Crippen LogP) is 5.42. The largest absolute Gasteiger partial charge is 0.424 e. The first-order valence-electron chi connectivity index (χ1n) is 9.04. The van der Waals surface area contributed by atoms with E-state index in [-0.39, 0.29) is 5.04 Å². The second kappa shape index (κ2) is 9.15. The molecule has 25 heavy (non-hydrogen) atoms. The molecule has 0 unspecified atom stereocenters. The zero-order valence-corrected chi connectivity index (χ0v) is 18.5. The number of hydrogen-bond donors (Lipinski definition) is 1. The van der Waals surface area contributed by atoms with Crippen LogP contribution in [0.1, 0.15) is 46.0 Å². The van der Waals surface area contributed by atoms with E-state index in [4.69, 9.17) is 0 Å². The van der Waals surface area contributed by atoms with Crippen LogP contribution in [0.5, 0.6) is 0 Å². The van der Waals surface area contributed by atoms with Crippen LogP contribution < -0.4 is 10.4 Å². The Hall–Kier alpha value is -0.913. The number of benzene rings is 2. The van der Waals surface area contributed by atoms with E-state index >= 15 is 0 Å². The Morgan fingerprint density at radius 2 is 1.40 bits per heavy atom. The second-order valence-corrected chi connectivity index (χ2v) is 12.9. The van der Waals surface area contributed by atoms with Gasteiger partial charge in [0.2, 0.25) is 0 Å². The third-order valence-corrected chi connectivity index (χ3v) is 10.2. The van der Waals surface area contributed by atoms with E-state index in [2.05, 4.69) is 67.3 Å². The van der Waals surface area contributed by atoms with E-state index in [0.29, 0.717) is 0 Å². The molecule has 0 heterocycles. The number of unbranched alkanes of at least 4 members (excludes halogenated alkanes) is 2. The van der Waals surface area contributed by atoms with Crippen LogP contribution in [-0.2, 0) is 0 Å². The van der Waals surface area contributed by atoms with Crippen LogP contribution in [0.15, 0.2) is 70.8 Å². The molecule has 0 fully saturated rings. The Balaban J connectivity index is 2.24. The summed E-state index contributed by atoms with van der Waals surface area (Å²) in [6.07, 6.45) is 5.66. The highest BCUT2D eigenvalue weighted by atomic mass is 127. The maximum Gasteiger partial charge on any atom is 0.258 e. The van der Waals surface area contributed by atoms with Crippen LogP contribution in [0.3, 0.4) is 0 Å². The van der Waals surface area contributed by atoms with Crippen molar-refractivity contribution in [3.8, 4) is 0 Å². The summed E-state index contributed by atoms with van der Waals surface area (Å²) in [5.74, 6) is 0. The predicted molar refractivity (Wildman–Crippen MR) is 120 cm³/mol. The zero-order valence-electron chi connectivity index (χ0n) is 15.3. The molecular formula is C22H29IOSi. The number of halogens is 1. The fourth-order valence-electron chi connectivity index (χ4n) is 3.55. The van der Waals surface area contributed by atoms with Gasteiger partial charge >= 0.3 is 0 Å². The Labute approximate surface area is 167 Å². The molecule has 0 aliphatic heterocycles. The van der Waals surface area contributed by atoms with Crippen LogP contribution in [0.4, 0.5) is 0 Å². The summed E-state index contributed by atoms with van der Waals surface area (Å²) < 4.78 is 1.23. The van der Waals surface area contributed by atoms with Crippen molar-refractivity contribution in [2.75, 3.05) is 0 Å². The van der Waals surface area contributed by atoms with Gasteiger partial charge in [-0.2, -0.15) is 0 Å². The molecule has 0 aliphatic rings. The lowest BCUT2D eigenvalue weighted by Gasteiger charge is -2.41. The lowest BCUT2D eigenvalue weighted by Crippen LogP contribution is -2.65. The van der Waals surface area contributed by atoms with Crippen molar-refractivity contribution in [3.63, 3.8) is 0 Å². The lowest BCUT2D eigenvalue weighted by atomic mass is 10.0. The van der Waals surface area contributed by atoms with Gasteiger partial charge in [0.1, 0.15) is 0 Å². The molecule has 0 spiro atoms. The first-order valence-corrected chi connectivity index (χ1v) is 12.1. The average Bonchev–Trinajstić information content (AvgIpc) is 2.61. The molecule has 2 aromatic carbocycles. The van der Waals surface area contributed by atoms with Crippen molar-refractivity contribution in [2.24, 2.45) is 0 Å². The molecule has 134 valence electrons. The highest BCUT2D eigenvalue weighted by Gasteiger charge is 2.49. The average molecular weight is 464 g/mol. The summed E-state index contributed by atoms with van der Waals surface area (Å²) in [7, 11) is -2.83. The van der Waals surface area contributed by atoms with Crippen LogP contribution in [0.25, 0.3) is 0 Å². The van der Waals surface area contributed by atoms with Gasteiger partial charge in [-0.1, -0.05) is 93.9 Å². The number of hydrogen-bond acceptors (Lipinski definition) is 1. The van der Waals surface area contributed by atoms with Gasteiger partial charge in [-0.25, -0.2) is 0 Å². The second-order valence-electron chi connectivity index (χ2n) is 7.40. The van der Waals surface area contributed by atoms with Gasteiger partial charge in [-0.15, -0.1) is 0 Å². The highest BCUT2D eigenvalue weighted by molar-refractivity contribution is 14.1. The van der Waals surface area contributed by atoms with Gasteiger partial charge in [0.15, 0.2) is 0 Å². The monoisotopic (exact) mass is 464 g/mol. The quantitative estimate of drug-likeness (QED) is 0.299. The minimum absolute atomic E-state index is 0.128. The van der Waals surface area contributed by atoms with Gasteiger partial charge in [-0.3, -0.25) is 0 Å². The topological polar surface area (TPSA) is 20.2 Å². The molecule has 0 amide bonds. The van der Waals surface area contributed by atoms with E-state index < -0.39 is 8.32 Å². The van der Waals surface area contributed by atoms with E-state index in [1.54, 1.807) is 0 Å². The van der Waals surface area contributed by atoms with E-state index in [9.17, 15) is 4.80 Å². The van der Waals surface area contributed by atoms with Crippen LogP contribution >= 0.6 is 22.6 Å². The molecule has 0 saturated heterocycles. The molecule has 0 aliphatic carbocycles. The lowest BCUT2D eigenvalue weighted by molar-refractivity contribution is 0.449. The maximum atomic E-state index is 12.1. The Kier molecular flexibility index (Phi) is 7.46. The van der Waals surface area contributed by atoms with Gasteiger partial charge in [0.25, 0.3) is 8.32 Å². The fraction of sp³-hybridized carbons (Fsp3) is 0.364. The third kappa shape index (κ3) is 5.05. The van der Waals surface area contributed by atoms with E-state index in [1.165, 1.54) is 16.4 Å². The molecule has 0 saturated carbocycles. The highest BCUT2D eigenvalue weighted by Crippen LogP contribution is 2.40. The van der Waals surface area contributed by atoms with Crippen molar-refractivity contribution in [3.05, 3.63) is 70.8 Å². The van der Waals surface area contributed by atoms with Crippen molar-refractivity contribution in [2.45, 2.75) is 51.0 Å². The first kappa shape index (κ1) is 20.4. The van der Waals surface area contributed by atoms with E-state index in [1.807, 2.05) is 36.4 Å². The normalized spacial score (nSPS) is 12.2. The molecule has 2 aromatic rings. The van der Waals surface area contributed by atoms with Crippen LogP contribution in [-0.4, -0.2) is 13.1 Å². The zero-order chi connectivity index (χ0) is 18.3. The summed E-state index contributed by atoms with van der Waals surface area (Å²) in [6.45, 7) is 8.47. The molecule has 0 atom stereocenters. The Morgan fingerprint density at radius 1 is 0.920 bits per heavy atom. The molecule has 0 bridgehead atoms. The van der Waals surface area contributed by atoms with Gasteiger partial charge in [0.05, 0.1) is 0 Å². The summed E-state index contributed by atoms with van der Waals surface area (Å²) in [4.78, 5) is 12.1. The standard InChI is InChI=1S/C22H29IOSi/c1-19(23)13-7-6-12-18-22(2,3)25(24,20-14-8-4-9-15-20)21-16-10-5-11-17-21/h4-5,8-11,14-17,24H,1,6-7,12-13,18H2,2-3H3. The van der Waals surface area contributed by atoms with E-state index in [0.717, 1.165) is 29.6 Å². The Morgan fingerprint density at radius 3 is 1.84 bits per heavy atom. The minimum atomic E-state index is -2.83. The maximum absolute atomic E-state index is 12.1. The first-order chi connectivity index (χ1) is 11.9. The van der Waals surface area contributed by atoms with Gasteiger partial charge in [-0.05, 0) is 60.8 Å². The molecule has 0 radical (unpaired) electrons.